The van der Waals surface area contributed by atoms with Crippen LogP contribution in [0.25, 0.3) is 0 Å². The third-order valence-corrected chi connectivity index (χ3v) is 11.5. The first-order valence-corrected chi connectivity index (χ1v) is 16.9. The van der Waals surface area contributed by atoms with Crippen LogP contribution in [-0.4, -0.2) is 59.5 Å². The molecule has 3 saturated carbocycles. The van der Waals surface area contributed by atoms with Crippen LogP contribution < -0.4 is 0 Å². The van der Waals surface area contributed by atoms with Crippen LogP contribution in [0.15, 0.2) is 23.8 Å². The molecule has 0 amide bonds. The minimum atomic E-state index is -1.55. The number of allylic oxidation sites excluding steroid dienone is 4. The van der Waals surface area contributed by atoms with Gasteiger partial charge in [-0.2, -0.15) is 0 Å². The second-order valence-corrected chi connectivity index (χ2v) is 14.5. The minimum absolute atomic E-state index is 0.0192. The summed E-state index contributed by atoms with van der Waals surface area (Å²) in [4.78, 5) is 64.7. The third kappa shape index (κ3) is 6.70. The van der Waals surface area contributed by atoms with Crippen LogP contribution in [0, 0.1) is 40.4 Å². The number of hydrogen-bond acceptors (Lipinski definition) is 9. The first-order valence-electron chi connectivity index (χ1n) is 16.9. The fourth-order valence-electron chi connectivity index (χ4n) is 8.70. The molecule has 0 radical (unpaired) electrons. The standard InChI is InChI=1S/C36H52O9/c1-7-9-10-30(40)45-36(29(39)21-43-31(41)17-23(4)33(42)44-20-22(3)8-2)16-14-27-26-12-11-24-18-25(37)13-15-34(24,5)32(26)28(38)19-35(27,36)6/h13,15,18,22-23,26-28,32,38H,7-12,14,16-17,19-21H2,1-6H3. The van der Waals surface area contributed by atoms with E-state index in [0.717, 1.165) is 31.3 Å². The van der Waals surface area contributed by atoms with E-state index in [1.807, 2.05) is 33.8 Å². The molecule has 0 aromatic rings. The summed E-state index contributed by atoms with van der Waals surface area (Å²) in [5.74, 6) is -2.82. The van der Waals surface area contributed by atoms with Crippen molar-refractivity contribution in [2.75, 3.05) is 13.2 Å². The van der Waals surface area contributed by atoms with E-state index in [1.54, 1.807) is 19.1 Å². The van der Waals surface area contributed by atoms with Gasteiger partial charge in [-0.25, -0.2) is 0 Å². The Labute approximate surface area is 267 Å². The number of hydrogen-bond donors (Lipinski definition) is 1. The Morgan fingerprint density at radius 2 is 1.80 bits per heavy atom. The van der Waals surface area contributed by atoms with Gasteiger partial charge >= 0.3 is 17.9 Å². The van der Waals surface area contributed by atoms with Crippen LogP contribution >= 0.6 is 0 Å². The second-order valence-electron chi connectivity index (χ2n) is 14.5. The molecule has 0 aliphatic heterocycles. The molecule has 250 valence electrons. The smallest absolute Gasteiger partial charge is 0.309 e. The summed E-state index contributed by atoms with van der Waals surface area (Å²) in [7, 11) is 0. The number of esters is 3. The van der Waals surface area contributed by atoms with E-state index in [4.69, 9.17) is 14.2 Å². The predicted octanol–water partition coefficient (Wildman–Crippen LogP) is 5.47. The molecular weight excluding hydrogens is 576 g/mol. The van der Waals surface area contributed by atoms with Crippen LogP contribution in [0.5, 0.6) is 0 Å². The van der Waals surface area contributed by atoms with Crippen molar-refractivity contribution in [3.63, 3.8) is 0 Å². The highest BCUT2D eigenvalue weighted by Gasteiger charge is 2.70. The molecule has 45 heavy (non-hydrogen) atoms. The van der Waals surface area contributed by atoms with Crippen molar-refractivity contribution in [2.45, 2.75) is 117 Å². The molecule has 4 aliphatic carbocycles. The minimum Gasteiger partial charge on any atom is -0.465 e. The Hall–Kier alpha value is -2.81. The maximum Gasteiger partial charge on any atom is 0.309 e. The number of carbonyl (C=O) groups excluding carboxylic acids is 5. The number of carbonyl (C=O) groups is 5. The van der Waals surface area contributed by atoms with Gasteiger partial charge in [0.2, 0.25) is 5.78 Å². The first-order chi connectivity index (χ1) is 21.2. The van der Waals surface area contributed by atoms with Crippen molar-refractivity contribution in [2.24, 2.45) is 40.4 Å². The Balaban J connectivity index is 1.53. The van der Waals surface area contributed by atoms with Crippen molar-refractivity contribution in [3.05, 3.63) is 23.8 Å². The fraction of sp³-hybridized carbons (Fsp3) is 0.750. The van der Waals surface area contributed by atoms with E-state index in [2.05, 4.69) is 6.92 Å². The highest BCUT2D eigenvalue weighted by molar-refractivity contribution is 6.01. The first kappa shape index (κ1) is 35.1. The van der Waals surface area contributed by atoms with Gasteiger partial charge in [-0.15, -0.1) is 0 Å². The lowest BCUT2D eigenvalue weighted by molar-refractivity contribution is -0.201. The van der Waals surface area contributed by atoms with Crippen LogP contribution in [0.4, 0.5) is 0 Å². The molecule has 1 N–H and O–H groups in total. The average Bonchev–Trinajstić information content (AvgIpc) is 3.29. The molecule has 0 bridgehead atoms. The molecule has 0 aromatic carbocycles. The SMILES string of the molecule is CCCCC(=O)OC1(C(=O)COC(=O)CC(C)C(=O)OCC(C)CC)CCC2C3CCC4=CC(=O)C=CC4(C)C3C(O)CC21C. The van der Waals surface area contributed by atoms with Crippen LogP contribution in [-0.2, 0) is 38.2 Å². The van der Waals surface area contributed by atoms with E-state index < -0.39 is 58.8 Å². The monoisotopic (exact) mass is 628 g/mol. The van der Waals surface area contributed by atoms with E-state index in [0.29, 0.717) is 12.8 Å². The van der Waals surface area contributed by atoms with Crippen LogP contribution in [0.2, 0.25) is 0 Å². The van der Waals surface area contributed by atoms with Gasteiger partial charge in [0.25, 0.3) is 0 Å². The van der Waals surface area contributed by atoms with Crippen molar-refractivity contribution in [3.8, 4) is 0 Å². The van der Waals surface area contributed by atoms with Crippen molar-refractivity contribution < 1.29 is 43.3 Å². The number of aliphatic hydroxyl groups excluding tert-OH is 1. The number of ether oxygens (including phenoxy) is 3. The summed E-state index contributed by atoms with van der Waals surface area (Å²) < 4.78 is 16.9. The summed E-state index contributed by atoms with van der Waals surface area (Å²) in [5, 5.41) is 11.8. The van der Waals surface area contributed by atoms with Crippen molar-refractivity contribution in [1.82, 2.24) is 0 Å². The van der Waals surface area contributed by atoms with Gasteiger partial charge in [-0.1, -0.05) is 66.0 Å². The number of ketones is 2. The molecule has 0 aromatic heterocycles. The topological polar surface area (TPSA) is 133 Å². The lowest BCUT2D eigenvalue weighted by atomic mass is 9.46. The van der Waals surface area contributed by atoms with Crippen LogP contribution in [0.3, 0.4) is 0 Å². The zero-order valence-electron chi connectivity index (χ0n) is 27.9. The van der Waals surface area contributed by atoms with Gasteiger partial charge in [-0.3, -0.25) is 24.0 Å². The summed E-state index contributed by atoms with van der Waals surface area (Å²) in [6, 6.07) is 0. The lowest BCUT2D eigenvalue weighted by Gasteiger charge is -2.59. The normalized spacial score (nSPS) is 34.8. The maximum atomic E-state index is 14.2. The quantitative estimate of drug-likeness (QED) is 0.208. The molecule has 4 aliphatic rings. The van der Waals surface area contributed by atoms with Gasteiger partial charge in [-0.05, 0) is 68.4 Å². The summed E-state index contributed by atoms with van der Waals surface area (Å²) in [6.45, 7) is 11.3. The highest BCUT2D eigenvalue weighted by atomic mass is 16.6. The predicted molar refractivity (Wildman–Crippen MR) is 167 cm³/mol. The number of fused-ring (bicyclic) bond motifs is 5. The Morgan fingerprint density at radius 1 is 1.07 bits per heavy atom. The Morgan fingerprint density at radius 3 is 2.49 bits per heavy atom. The molecule has 9 heteroatoms. The molecule has 9 unspecified atom stereocenters. The second kappa shape index (κ2) is 13.9. The van der Waals surface area contributed by atoms with Crippen molar-refractivity contribution in [1.29, 1.82) is 0 Å². The molecular formula is C36H52O9. The van der Waals surface area contributed by atoms with Gasteiger partial charge < -0.3 is 19.3 Å². The van der Waals surface area contributed by atoms with E-state index >= 15 is 0 Å². The third-order valence-electron chi connectivity index (χ3n) is 11.5. The fourth-order valence-corrected chi connectivity index (χ4v) is 8.70. The number of unbranched alkanes of at least 4 members (excludes halogenated alkanes) is 1. The number of aliphatic hydroxyl groups is 1. The molecule has 0 heterocycles. The summed E-state index contributed by atoms with van der Waals surface area (Å²) in [5.41, 5.74) is -1.86. The van der Waals surface area contributed by atoms with Crippen LogP contribution in [0.1, 0.15) is 106 Å². The highest BCUT2D eigenvalue weighted by Crippen LogP contribution is 2.68. The van der Waals surface area contributed by atoms with Gasteiger partial charge in [0.1, 0.15) is 0 Å². The average molecular weight is 629 g/mol. The zero-order valence-corrected chi connectivity index (χ0v) is 27.9. The maximum absolute atomic E-state index is 14.2. The van der Waals surface area contributed by atoms with Crippen molar-refractivity contribution >= 4 is 29.5 Å². The lowest BCUT2D eigenvalue weighted by Crippen LogP contribution is -2.63. The van der Waals surface area contributed by atoms with Gasteiger partial charge in [0.05, 0.1) is 25.0 Å². The van der Waals surface area contributed by atoms with Gasteiger partial charge in [0.15, 0.2) is 18.0 Å². The van der Waals surface area contributed by atoms with E-state index in [-0.39, 0.29) is 61.7 Å². The molecule has 0 saturated heterocycles. The summed E-state index contributed by atoms with van der Waals surface area (Å²) >= 11 is 0. The molecule has 3 fully saturated rings. The molecule has 0 spiro atoms. The molecule has 4 rings (SSSR count). The number of rotatable bonds is 13. The summed E-state index contributed by atoms with van der Waals surface area (Å²) in [6.07, 6.45) is 9.27. The number of Topliss-reactive ketones (excluding diaryl/α,β-unsaturated/α-hetero) is 1. The Bertz CT molecular complexity index is 1230. The molecule has 9 nitrogen and oxygen atoms in total. The van der Waals surface area contributed by atoms with Gasteiger partial charge in [0, 0.05) is 23.2 Å². The molecule has 9 atom stereocenters. The Kier molecular flexibility index (Phi) is 10.8. The largest absolute Gasteiger partial charge is 0.465 e. The van der Waals surface area contributed by atoms with E-state index in [9.17, 15) is 29.1 Å². The van der Waals surface area contributed by atoms with E-state index in [1.165, 1.54) is 0 Å². The zero-order chi connectivity index (χ0) is 33.2.